The van der Waals surface area contributed by atoms with E-state index in [0.717, 1.165) is 32.4 Å². The number of hydrogen-bond acceptors (Lipinski definition) is 4. The van der Waals surface area contributed by atoms with Gasteiger partial charge >= 0.3 is 0 Å². The summed E-state index contributed by atoms with van der Waals surface area (Å²) < 4.78 is 0. The number of nitrogens with one attached hydrogen (secondary N) is 1. The lowest BCUT2D eigenvalue weighted by Crippen LogP contribution is -2.43. The van der Waals surface area contributed by atoms with E-state index in [9.17, 15) is 4.79 Å². The molecule has 5 nitrogen and oxygen atoms in total. The Labute approximate surface area is 103 Å². The molecule has 1 aliphatic heterocycles. The van der Waals surface area contributed by atoms with E-state index in [1.54, 1.807) is 0 Å². The van der Waals surface area contributed by atoms with Crippen LogP contribution in [0.15, 0.2) is 11.9 Å². The van der Waals surface area contributed by atoms with Crippen LogP contribution in [0.25, 0.3) is 0 Å². The maximum absolute atomic E-state index is 11.6. The molecular formula is C12H24N4O. The molecule has 1 rings (SSSR count). The van der Waals surface area contributed by atoms with Crippen molar-refractivity contribution >= 4 is 5.91 Å². The molecule has 5 N–H and O–H groups in total. The third-order valence-electron chi connectivity index (χ3n) is 3.17. The van der Waals surface area contributed by atoms with E-state index in [0.29, 0.717) is 24.6 Å². The Kier molecular flexibility index (Phi) is 5.83. The minimum absolute atomic E-state index is 0.129. The van der Waals surface area contributed by atoms with E-state index in [-0.39, 0.29) is 5.91 Å². The van der Waals surface area contributed by atoms with Crippen molar-refractivity contribution < 1.29 is 4.79 Å². The summed E-state index contributed by atoms with van der Waals surface area (Å²) >= 11 is 0. The molecule has 0 atom stereocenters. The van der Waals surface area contributed by atoms with Crippen molar-refractivity contribution in [1.29, 1.82) is 0 Å². The van der Waals surface area contributed by atoms with Crippen molar-refractivity contribution in [3.63, 3.8) is 0 Å². The molecule has 0 spiro atoms. The van der Waals surface area contributed by atoms with Gasteiger partial charge in [-0.1, -0.05) is 0 Å². The molecular weight excluding hydrogens is 216 g/mol. The van der Waals surface area contributed by atoms with Gasteiger partial charge in [0.1, 0.15) is 0 Å². The molecule has 1 fully saturated rings. The van der Waals surface area contributed by atoms with E-state index in [1.807, 2.05) is 0 Å². The summed E-state index contributed by atoms with van der Waals surface area (Å²) in [4.78, 5) is 13.9. The lowest BCUT2D eigenvalue weighted by atomic mass is 10.1. The standard InChI is InChI=1S/C12H24N4O/c1-16-7-5-11(6-8-16)15-12(17)4-2-3-10(14)9-13/h9,11H,2-8,13-14H2,1H3,(H,15,17)/b10-9-. The van der Waals surface area contributed by atoms with Gasteiger partial charge in [0.2, 0.25) is 5.91 Å². The molecule has 0 saturated carbocycles. The van der Waals surface area contributed by atoms with Crippen LogP contribution in [0.2, 0.25) is 0 Å². The van der Waals surface area contributed by atoms with Gasteiger partial charge in [0.15, 0.2) is 0 Å². The first-order chi connectivity index (χ1) is 8.11. The second-order valence-corrected chi connectivity index (χ2v) is 4.74. The number of hydrogen-bond donors (Lipinski definition) is 3. The van der Waals surface area contributed by atoms with Gasteiger partial charge in [-0.15, -0.1) is 0 Å². The lowest BCUT2D eigenvalue weighted by Gasteiger charge is -2.29. The van der Waals surface area contributed by atoms with Gasteiger partial charge in [0.25, 0.3) is 0 Å². The van der Waals surface area contributed by atoms with Crippen LogP contribution in [0.1, 0.15) is 32.1 Å². The van der Waals surface area contributed by atoms with Crippen LogP contribution in [0.5, 0.6) is 0 Å². The maximum Gasteiger partial charge on any atom is 0.220 e. The predicted molar refractivity (Wildman–Crippen MR) is 69.0 cm³/mol. The molecule has 0 bridgehead atoms. The Morgan fingerprint density at radius 1 is 1.41 bits per heavy atom. The molecule has 0 aromatic carbocycles. The fourth-order valence-corrected chi connectivity index (χ4v) is 1.99. The highest BCUT2D eigenvalue weighted by atomic mass is 16.1. The Bertz CT molecular complexity index is 270. The molecule has 0 radical (unpaired) electrons. The number of carbonyl (C=O) groups is 1. The number of amides is 1. The Balaban J connectivity index is 2.12. The molecule has 1 amide bonds. The fraction of sp³-hybridized carbons (Fsp3) is 0.750. The molecule has 1 heterocycles. The number of piperidine rings is 1. The van der Waals surface area contributed by atoms with E-state index >= 15 is 0 Å². The van der Waals surface area contributed by atoms with Crippen LogP contribution in [-0.4, -0.2) is 37.0 Å². The van der Waals surface area contributed by atoms with Gasteiger partial charge in [0.05, 0.1) is 0 Å². The Hall–Kier alpha value is -1.23. The summed E-state index contributed by atoms with van der Waals surface area (Å²) in [6.07, 6.45) is 5.48. The summed E-state index contributed by atoms with van der Waals surface area (Å²) in [5.74, 6) is 0.129. The zero-order chi connectivity index (χ0) is 12.7. The smallest absolute Gasteiger partial charge is 0.220 e. The molecule has 17 heavy (non-hydrogen) atoms. The zero-order valence-corrected chi connectivity index (χ0v) is 10.6. The minimum Gasteiger partial charge on any atom is -0.403 e. The number of rotatable bonds is 5. The first-order valence-corrected chi connectivity index (χ1v) is 6.26. The van der Waals surface area contributed by atoms with Crippen molar-refractivity contribution in [2.24, 2.45) is 11.5 Å². The van der Waals surface area contributed by atoms with Gasteiger partial charge in [-0.05, 0) is 45.8 Å². The van der Waals surface area contributed by atoms with Crippen LogP contribution in [0.3, 0.4) is 0 Å². The highest BCUT2D eigenvalue weighted by Crippen LogP contribution is 2.09. The summed E-state index contributed by atoms with van der Waals surface area (Å²) in [5, 5.41) is 3.07. The third-order valence-corrected chi connectivity index (χ3v) is 3.17. The van der Waals surface area contributed by atoms with E-state index in [2.05, 4.69) is 17.3 Å². The van der Waals surface area contributed by atoms with Crippen LogP contribution in [-0.2, 0) is 4.79 Å². The molecule has 98 valence electrons. The SMILES string of the molecule is CN1CCC(NC(=O)CCC/C(N)=C/N)CC1. The average molecular weight is 240 g/mol. The number of likely N-dealkylation sites (tertiary alicyclic amines) is 1. The van der Waals surface area contributed by atoms with Crippen molar-refractivity contribution in [2.75, 3.05) is 20.1 Å². The molecule has 0 aromatic heterocycles. The largest absolute Gasteiger partial charge is 0.403 e. The zero-order valence-electron chi connectivity index (χ0n) is 10.6. The van der Waals surface area contributed by atoms with Crippen LogP contribution in [0, 0.1) is 0 Å². The molecule has 0 unspecified atom stereocenters. The molecule has 1 saturated heterocycles. The van der Waals surface area contributed by atoms with E-state index < -0.39 is 0 Å². The molecule has 5 heteroatoms. The topological polar surface area (TPSA) is 84.4 Å². The fourth-order valence-electron chi connectivity index (χ4n) is 1.99. The Morgan fingerprint density at radius 3 is 2.65 bits per heavy atom. The minimum atomic E-state index is 0.129. The van der Waals surface area contributed by atoms with Crippen molar-refractivity contribution in [1.82, 2.24) is 10.2 Å². The first kappa shape index (κ1) is 13.8. The van der Waals surface area contributed by atoms with Gasteiger partial charge in [-0.25, -0.2) is 0 Å². The van der Waals surface area contributed by atoms with Gasteiger partial charge in [0, 0.05) is 24.4 Å². The highest BCUT2D eigenvalue weighted by Gasteiger charge is 2.17. The van der Waals surface area contributed by atoms with Crippen molar-refractivity contribution in [2.45, 2.75) is 38.1 Å². The Morgan fingerprint density at radius 2 is 2.06 bits per heavy atom. The second kappa shape index (κ2) is 7.17. The second-order valence-electron chi connectivity index (χ2n) is 4.74. The quantitative estimate of drug-likeness (QED) is 0.637. The van der Waals surface area contributed by atoms with Crippen LogP contribution in [0.4, 0.5) is 0 Å². The number of carbonyl (C=O) groups excluding carboxylic acids is 1. The normalized spacial score (nSPS) is 19.2. The number of nitrogens with zero attached hydrogens (tertiary/aromatic N) is 1. The maximum atomic E-state index is 11.6. The number of nitrogens with two attached hydrogens (primary N) is 2. The molecule has 0 aromatic rings. The van der Waals surface area contributed by atoms with E-state index in [1.165, 1.54) is 6.20 Å². The van der Waals surface area contributed by atoms with Gasteiger partial charge in [-0.2, -0.15) is 0 Å². The van der Waals surface area contributed by atoms with Crippen molar-refractivity contribution in [3.8, 4) is 0 Å². The summed E-state index contributed by atoms with van der Waals surface area (Å²) in [7, 11) is 2.11. The summed E-state index contributed by atoms with van der Waals surface area (Å²) in [6, 6.07) is 0.348. The van der Waals surface area contributed by atoms with E-state index in [4.69, 9.17) is 11.5 Å². The van der Waals surface area contributed by atoms with Crippen LogP contribution >= 0.6 is 0 Å². The third kappa shape index (κ3) is 5.58. The van der Waals surface area contributed by atoms with Gasteiger partial charge in [-0.3, -0.25) is 4.79 Å². The number of allylic oxidation sites excluding steroid dienone is 1. The first-order valence-electron chi connectivity index (χ1n) is 6.26. The predicted octanol–water partition coefficient (Wildman–Crippen LogP) is 0.126. The summed E-state index contributed by atoms with van der Waals surface area (Å²) in [6.45, 7) is 2.13. The molecule has 1 aliphatic rings. The van der Waals surface area contributed by atoms with Crippen LogP contribution < -0.4 is 16.8 Å². The average Bonchev–Trinajstić information content (AvgIpc) is 2.32. The highest BCUT2D eigenvalue weighted by molar-refractivity contribution is 5.76. The molecule has 0 aliphatic carbocycles. The summed E-state index contributed by atoms with van der Waals surface area (Å²) in [5.41, 5.74) is 11.5. The van der Waals surface area contributed by atoms with Crippen molar-refractivity contribution in [3.05, 3.63) is 11.9 Å². The monoisotopic (exact) mass is 240 g/mol. The lowest BCUT2D eigenvalue weighted by molar-refractivity contribution is -0.122. The van der Waals surface area contributed by atoms with Gasteiger partial charge < -0.3 is 21.7 Å².